The number of hydrazine groups is 1. The molecule has 1 heterocycles. The topological polar surface area (TPSA) is 85.8 Å². The molecule has 0 aliphatic rings. The van der Waals surface area contributed by atoms with Crippen molar-refractivity contribution >= 4 is 17.7 Å². The van der Waals surface area contributed by atoms with Crippen molar-refractivity contribution in [2.75, 3.05) is 0 Å². The highest BCUT2D eigenvalue weighted by Gasteiger charge is 2.04. The molecule has 3 N–H and O–H groups in total. The molecular weight excluding hydrogens is 250 g/mol. The van der Waals surface area contributed by atoms with Gasteiger partial charge in [0.2, 0.25) is 0 Å². The summed E-state index contributed by atoms with van der Waals surface area (Å²) in [6, 6.07) is 7.28. The molecule has 0 aliphatic carbocycles. The molecule has 1 amide bonds. The van der Waals surface area contributed by atoms with E-state index in [1.807, 2.05) is 19.2 Å². The van der Waals surface area contributed by atoms with Crippen molar-refractivity contribution in [2.24, 2.45) is 12.9 Å². The van der Waals surface area contributed by atoms with Crippen LogP contribution in [0.4, 0.5) is 0 Å². The van der Waals surface area contributed by atoms with Crippen molar-refractivity contribution in [3.8, 4) is 0 Å². The highest BCUT2D eigenvalue weighted by atomic mass is 32.2. The predicted octanol–water partition coefficient (Wildman–Crippen LogP) is 0.711. The van der Waals surface area contributed by atoms with Crippen molar-refractivity contribution in [1.29, 1.82) is 0 Å². The molecule has 18 heavy (non-hydrogen) atoms. The van der Waals surface area contributed by atoms with E-state index in [0.29, 0.717) is 5.56 Å². The molecule has 0 fully saturated rings. The van der Waals surface area contributed by atoms with Crippen LogP contribution in [0.15, 0.2) is 35.7 Å². The molecule has 0 unspecified atom stereocenters. The molecule has 0 atom stereocenters. The average Bonchev–Trinajstić information content (AvgIpc) is 2.81. The van der Waals surface area contributed by atoms with Gasteiger partial charge in [-0.15, -0.1) is 0 Å². The van der Waals surface area contributed by atoms with Gasteiger partial charge in [-0.2, -0.15) is 5.10 Å². The number of thioether (sulfide) groups is 1. The van der Waals surface area contributed by atoms with E-state index in [9.17, 15) is 4.79 Å². The number of hydrogen-bond acceptors (Lipinski definition) is 5. The Hall–Kier alpha value is -1.86. The third-order valence-electron chi connectivity index (χ3n) is 2.39. The molecule has 0 spiro atoms. The van der Waals surface area contributed by atoms with Gasteiger partial charge in [0.1, 0.15) is 6.33 Å². The van der Waals surface area contributed by atoms with E-state index in [1.165, 1.54) is 6.33 Å². The van der Waals surface area contributed by atoms with Crippen LogP contribution in [0.25, 0.3) is 0 Å². The summed E-state index contributed by atoms with van der Waals surface area (Å²) in [5, 5.41) is 4.86. The number of aromatic nitrogens is 3. The summed E-state index contributed by atoms with van der Waals surface area (Å²) in [6.45, 7) is 0. The number of carbonyl (C=O) groups is 1. The summed E-state index contributed by atoms with van der Waals surface area (Å²) in [4.78, 5) is 15.4. The first-order valence-electron chi connectivity index (χ1n) is 5.27. The van der Waals surface area contributed by atoms with Crippen molar-refractivity contribution in [2.45, 2.75) is 10.9 Å². The van der Waals surface area contributed by atoms with Crippen LogP contribution < -0.4 is 11.3 Å². The number of nitrogen functional groups attached to an aromatic ring is 1. The highest BCUT2D eigenvalue weighted by molar-refractivity contribution is 7.98. The second-order valence-corrected chi connectivity index (χ2v) is 4.57. The molecule has 0 bridgehead atoms. The van der Waals surface area contributed by atoms with Crippen LogP contribution in [0.3, 0.4) is 0 Å². The molecule has 0 saturated heterocycles. The summed E-state index contributed by atoms with van der Waals surface area (Å²) >= 11 is 1.59. The van der Waals surface area contributed by atoms with Crippen LogP contribution >= 0.6 is 11.8 Å². The molecule has 0 aliphatic heterocycles. The minimum Gasteiger partial charge on any atom is -0.290 e. The number of amides is 1. The zero-order chi connectivity index (χ0) is 13.0. The molecule has 1 aromatic heterocycles. The Labute approximate surface area is 109 Å². The Morgan fingerprint density at radius 1 is 1.44 bits per heavy atom. The standard InChI is InChI=1S/C11H13N5OS/c1-16-11(13-7-14-16)18-6-8-2-4-9(5-3-8)10(17)15-12/h2-5,7H,6,12H2,1H3,(H,15,17). The Balaban J connectivity index is 1.98. The SMILES string of the molecule is Cn1ncnc1SCc1ccc(C(=O)NN)cc1. The Bertz CT molecular complexity index is 537. The number of carbonyl (C=O) groups excluding carboxylic acids is 1. The quantitative estimate of drug-likeness (QED) is 0.367. The fourth-order valence-corrected chi connectivity index (χ4v) is 2.24. The van der Waals surface area contributed by atoms with E-state index in [-0.39, 0.29) is 5.91 Å². The van der Waals surface area contributed by atoms with Crippen LogP contribution in [0, 0.1) is 0 Å². The zero-order valence-electron chi connectivity index (χ0n) is 9.83. The number of benzene rings is 1. The van der Waals surface area contributed by atoms with Gasteiger partial charge in [0.15, 0.2) is 5.16 Å². The molecule has 7 heteroatoms. The van der Waals surface area contributed by atoms with Gasteiger partial charge in [-0.1, -0.05) is 23.9 Å². The van der Waals surface area contributed by atoms with Gasteiger partial charge in [-0.3, -0.25) is 10.2 Å². The second-order valence-electron chi connectivity index (χ2n) is 3.63. The third kappa shape index (κ3) is 2.88. The van der Waals surface area contributed by atoms with E-state index < -0.39 is 0 Å². The summed E-state index contributed by atoms with van der Waals surface area (Å²) in [7, 11) is 1.85. The van der Waals surface area contributed by atoms with Crippen molar-refractivity contribution in [1.82, 2.24) is 20.2 Å². The van der Waals surface area contributed by atoms with E-state index >= 15 is 0 Å². The summed E-state index contributed by atoms with van der Waals surface area (Å²) in [5.41, 5.74) is 3.75. The molecule has 2 rings (SSSR count). The number of nitrogens with two attached hydrogens (primary N) is 1. The lowest BCUT2D eigenvalue weighted by atomic mass is 10.1. The van der Waals surface area contributed by atoms with Crippen LogP contribution in [0.1, 0.15) is 15.9 Å². The summed E-state index contributed by atoms with van der Waals surface area (Å²) in [5.74, 6) is 5.55. The van der Waals surface area contributed by atoms with Gasteiger partial charge in [0.25, 0.3) is 5.91 Å². The van der Waals surface area contributed by atoms with Gasteiger partial charge in [0, 0.05) is 18.4 Å². The van der Waals surface area contributed by atoms with E-state index in [0.717, 1.165) is 16.5 Å². The van der Waals surface area contributed by atoms with Gasteiger partial charge in [-0.25, -0.2) is 15.5 Å². The molecule has 2 aromatic rings. The Morgan fingerprint density at radius 3 is 2.72 bits per heavy atom. The normalized spacial score (nSPS) is 10.3. The van der Waals surface area contributed by atoms with Crippen molar-refractivity contribution in [3.63, 3.8) is 0 Å². The minimum atomic E-state index is -0.289. The maximum Gasteiger partial charge on any atom is 0.265 e. The highest BCUT2D eigenvalue weighted by Crippen LogP contribution is 2.19. The lowest BCUT2D eigenvalue weighted by molar-refractivity contribution is 0.0953. The number of nitrogens with one attached hydrogen (secondary N) is 1. The number of hydrogen-bond donors (Lipinski definition) is 2. The van der Waals surface area contributed by atoms with Crippen molar-refractivity contribution < 1.29 is 4.79 Å². The average molecular weight is 263 g/mol. The maximum atomic E-state index is 11.3. The number of nitrogens with zero attached hydrogens (tertiary/aromatic N) is 3. The smallest absolute Gasteiger partial charge is 0.265 e. The lowest BCUT2D eigenvalue weighted by Gasteiger charge is -2.03. The first-order chi connectivity index (χ1) is 8.70. The second kappa shape index (κ2) is 5.65. The van der Waals surface area contributed by atoms with E-state index in [4.69, 9.17) is 5.84 Å². The molecule has 94 valence electrons. The fraction of sp³-hybridized carbons (Fsp3) is 0.182. The predicted molar refractivity (Wildman–Crippen MR) is 68.7 cm³/mol. The Morgan fingerprint density at radius 2 is 2.17 bits per heavy atom. The molecule has 0 radical (unpaired) electrons. The van der Waals surface area contributed by atoms with Crippen molar-refractivity contribution in [3.05, 3.63) is 41.7 Å². The summed E-state index contributed by atoms with van der Waals surface area (Å²) < 4.78 is 1.72. The van der Waals surface area contributed by atoms with Crippen LogP contribution in [-0.2, 0) is 12.8 Å². The van der Waals surface area contributed by atoms with Crippen LogP contribution in [-0.4, -0.2) is 20.7 Å². The molecule has 6 nitrogen and oxygen atoms in total. The van der Waals surface area contributed by atoms with Crippen LogP contribution in [0.5, 0.6) is 0 Å². The van der Waals surface area contributed by atoms with Gasteiger partial charge >= 0.3 is 0 Å². The molecular formula is C11H13N5OS. The van der Waals surface area contributed by atoms with Gasteiger partial charge in [0.05, 0.1) is 0 Å². The van der Waals surface area contributed by atoms with Crippen LogP contribution in [0.2, 0.25) is 0 Å². The summed E-state index contributed by atoms with van der Waals surface area (Å²) in [6.07, 6.45) is 1.52. The first kappa shape index (κ1) is 12.6. The fourth-order valence-electron chi connectivity index (χ4n) is 1.40. The third-order valence-corrected chi connectivity index (χ3v) is 3.49. The van der Waals surface area contributed by atoms with Gasteiger partial charge < -0.3 is 0 Å². The van der Waals surface area contributed by atoms with E-state index in [2.05, 4.69) is 15.5 Å². The zero-order valence-corrected chi connectivity index (χ0v) is 10.6. The number of rotatable bonds is 4. The van der Waals surface area contributed by atoms with Gasteiger partial charge in [-0.05, 0) is 17.7 Å². The number of aryl methyl sites for hydroxylation is 1. The van der Waals surface area contributed by atoms with E-state index in [1.54, 1.807) is 28.6 Å². The maximum absolute atomic E-state index is 11.3. The molecule has 0 saturated carbocycles. The lowest BCUT2D eigenvalue weighted by Crippen LogP contribution is -2.29. The largest absolute Gasteiger partial charge is 0.290 e. The first-order valence-corrected chi connectivity index (χ1v) is 6.26. The molecule has 1 aromatic carbocycles. The Kier molecular flexibility index (Phi) is 3.96. The monoisotopic (exact) mass is 263 g/mol. The minimum absolute atomic E-state index is 0.289.